The second-order valence-electron chi connectivity index (χ2n) is 6.36. The lowest BCUT2D eigenvalue weighted by Crippen LogP contribution is -1.97. The Morgan fingerprint density at radius 3 is 1.19 bits per heavy atom. The summed E-state index contributed by atoms with van der Waals surface area (Å²) in [6.07, 6.45) is 0. The van der Waals surface area contributed by atoms with Crippen molar-refractivity contribution in [3.05, 3.63) is 143 Å². The molecule has 0 fully saturated rings. The Balaban J connectivity index is 2.10. The van der Waals surface area contributed by atoms with Gasteiger partial charge in [-0.1, -0.05) is 103 Å². The van der Waals surface area contributed by atoms with Crippen molar-refractivity contribution < 1.29 is 4.39 Å². The fourth-order valence-corrected chi connectivity index (χ4v) is 3.37. The van der Waals surface area contributed by atoms with Gasteiger partial charge >= 0.3 is 0 Å². The molecule has 0 radical (unpaired) electrons. The van der Waals surface area contributed by atoms with Gasteiger partial charge in [0, 0.05) is 0 Å². The van der Waals surface area contributed by atoms with Crippen LogP contribution in [0.4, 0.5) is 4.39 Å². The first-order valence-corrected chi connectivity index (χ1v) is 8.99. The first kappa shape index (κ1) is 17.0. The van der Waals surface area contributed by atoms with Gasteiger partial charge in [-0.05, 0) is 45.5 Å². The van der Waals surface area contributed by atoms with Crippen molar-refractivity contribution in [3.8, 4) is 0 Å². The fraction of sp³-hybridized carbons (Fsp3) is 0. The second kappa shape index (κ2) is 7.84. The van der Waals surface area contributed by atoms with Crippen LogP contribution in [0.2, 0.25) is 0 Å². The van der Waals surface area contributed by atoms with Gasteiger partial charge in [-0.3, -0.25) is 0 Å². The molecule has 27 heavy (non-hydrogen) atoms. The molecular formula is C26H19F. The van der Waals surface area contributed by atoms with Gasteiger partial charge in [0.25, 0.3) is 0 Å². The topological polar surface area (TPSA) is 0 Å². The summed E-state index contributed by atoms with van der Waals surface area (Å²) in [7, 11) is 0. The maximum absolute atomic E-state index is 14.1. The average Bonchev–Trinajstić information content (AvgIpc) is 2.74. The minimum absolute atomic E-state index is 0.235. The SMILES string of the molecule is Fc1cccc(C(=C(c2ccccc2)c2ccccc2)c2ccccc2)c1. The van der Waals surface area contributed by atoms with Crippen LogP contribution >= 0.6 is 0 Å². The predicted molar refractivity (Wildman–Crippen MR) is 111 cm³/mol. The van der Waals surface area contributed by atoms with E-state index >= 15 is 0 Å². The fourth-order valence-electron chi connectivity index (χ4n) is 3.37. The Hall–Kier alpha value is -3.45. The van der Waals surface area contributed by atoms with Gasteiger partial charge < -0.3 is 0 Å². The van der Waals surface area contributed by atoms with Crippen molar-refractivity contribution in [2.75, 3.05) is 0 Å². The highest BCUT2D eigenvalue weighted by Crippen LogP contribution is 2.36. The molecule has 0 bridgehead atoms. The smallest absolute Gasteiger partial charge is 0.123 e. The van der Waals surface area contributed by atoms with Crippen molar-refractivity contribution in [1.29, 1.82) is 0 Å². The molecule has 0 aliphatic heterocycles. The Bertz CT molecular complexity index is 1010. The molecule has 0 saturated heterocycles. The predicted octanol–water partition coefficient (Wildman–Crippen LogP) is 6.83. The van der Waals surface area contributed by atoms with Gasteiger partial charge in [0.2, 0.25) is 0 Å². The van der Waals surface area contributed by atoms with E-state index in [1.165, 1.54) is 6.07 Å². The van der Waals surface area contributed by atoms with Crippen LogP contribution in [-0.4, -0.2) is 0 Å². The molecule has 4 aromatic carbocycles. The first-order chi connectivity index (χ1) is 13.3. The van der Waals surface area contributed by atoms with Crippen molar-refractivity contribution in [2.45, 2.75) is 0 Å². The van der Waals surface area contributed by atoms with Crippen LogP contribution in [0.1, 0.15) is 22.3 Å². The van der Waals surface area contributed by atoms with E-state index in [0.29, 0.717) is 0 Å². The molecule has 0 N–H and O–H groups in total. The lowest BCUT2D eigenvalue weighted by molar-refractivity contribution is 0.627. The molecule has 0 amide bonds. The molecule has 0 nitrogen and oxygen atoms in total. The summed E-state index contributed by atoms with van der Waals surface area (Å²) in [6.45, 7) is 0. The number of benzene rings is 4. The average molecular weight is 350 g/mol. The van der Waals surface area contributed by atoms with E-state index in [1.54, 1.807) is 12.1 Å². The zero-order valence-electron chi connectivity index (χ0n) is 14.8. The summed E-state index contributed by atoms with van der Waals surface area (Å²) >= 11 is 0. The summed E-state index contributed by atoms with van der Waals surface area (Å²) in [6, 6.07) is 37.6. The van der Waals surface area contributed by atoms with Gasteiger partial charge in [-0.2, -0.15) is 0 Å². The van der Waals surface area contributed by atoms with Crippen LogP contribution < -0.4 is 0 Å². The molecule has 0 heterocycles. The lowest BCUT2D eigenvalue weighted by Gasteiger charge is -2.18. The van der Waals surface area contributed by atoms with Crippen LogP contribution in [-0.2, 0) is 0 Å². The first-order valence-electron chi connectivity index (χ1n) is 8.99. The summed E-state index contributed by atoms with van der Waals surface area (Å²) in [5.74, 6) is -0.235. The third-order valence-corrected chi connectivity index (χ3v) is 4.55. The molecule has 0 aromatic heterocycles. The van der Waals surface area contributed by atoms with Gasteiger partial charge in [0.05, 0.1) is 0 Å². The molecular weight excluding hydrogens is 331 g/mol. The minimum atomic E-state index is -0.235. The molecule has 1 heteroatoms. The van der Waals surface area contributed by atoms with E-state index < -0.39 is 0 Å². The van der Waals surface area contributed by atoms with Crippen LogP contribution in [0.5, 0.6) is 0 Å². The van der Waals surface area contributed by atoms with E-state index in [4.69, 9.17) is 0 Å². The van der Waals surface area contributed by atoms with Gasteiger partial charge in [-0.25, -0.2) is 4.39 Å². The van der Waals surface area contributed by atoms with E-state index in [-0.39, 0.29) is 5.82 Å². The summed E-state index contributed by atoms with van der Waals surface area (Å²) in [4.78, 5) is 0. The molecule has 0 spiro atoms. The van der Waals surface area contributed by atoms with Crippen molar-refractivity contribution in [2.24, 2.45) is 0 Å². The van der Waals surface area contributed by atoms with Crippen LogP contribution in [0, 0.1) is 5.82 Å². The Kier molecular flexibility index (Phi) is 4.93. The Morgan fingerprint density at radius 1 is 0.407 bits per heavy atom. The zero-order chi connectivity index (χ0) is 18.5. The van der Waals surface area contributed by atoms with Crippen LogP contribution in [0.25, 0.3) is 11.1 Å². The van der Waals surface area contributed by atoms with Crippen LogP contribution in [0.3, 0.4) is 0 Å². The summed E-state index contributed by atoms with van der Waals surface area (Å²) < 4.78 is 14.1. The number of rotatable bonds is 4. The van der Waals surface area contributed by atoms with Crippen molar-refractivity contribution in [1.82, 2.24) is 0 Å². The van der Waals surface area contributed by atoms with Crippen molar-refractivity contribution in [3.63, 3.8) is 0 Å². The highest BCUT2D eigenvalue weighted by atomic mass is 19.1. The van der Waals surface area contributed by atoms with Gasteiger partial charge in [0.15, 0.2) is 0 Å². The van der Waals surface area contributed by atoms with E-state index in [0.717, 1.165) is 33.4 Å². The van der Waals surface area contributed by atoms with Gasteiger partial charge in [-0.15, -0.1) is 0 Å². The summed E-state index contributed by atoms with van der Waals surface area (Å²) in [5.41, 5.74) is 6.24. The third kappa shape index (κ3) is 3.73. The maximum atomic E-state index is 14.1. The minimum Gasteiger partial charge on any atom is -0.207 e. The third-order valence-electron chi connectivity index (χ3n) is 4.55. The molecule has 0 aliphatic rings. The molecule has 4 rings (SSSR count). The maximum Gasteiger partial charge on any atom is 0.123 e. The molecule has 0 aliphatic carbocycles. The van der Waals surface area contributed by atoms with Gasteiger partial charge in [0.1, 0.15) is 5.82 Å². The highest BCUT2D eigenvalue weighted by molar-refractivity contribution is 6.04. The molecule has 0 atom stereocenters. The quantitative estimate of drug-likeness (QED) is 0.354. The highest BCUT2D eigenvalue weighted by Gasteiger charge is 2.16. The Labute approximate surface area is 159 Å². The van der Waals surface area contributed by atoms with Crippen molar-refractivity contribution >= 4 is 11.1 Å². The molecule has 0 saturated carbocycles. The number of hydrogen-bond acceptors (Lipinski definition) is 0. The molecule has 4 aromatic rings. The van der Waals surface area contributed by atoms with E-state index in [2.05, 4.69) is 36.4 Å². The van der Waals surface area contributed by atoms with E-state index in [1.807, 2.05) is 60.7 Å². The van der Waals surface area contributed by atoms with E-state index in [9.17, 15) is 4.39 Å². The number of hydrogen-bond donors (Lipinski definition) is 0. The zero-order valence-corrected chi connectivity index (χ0v) is 14.8. The summed E-state index contributed by atoms with van der Waals surface area (Å²) in [5, 5.41) is 0. The Morgan fingerprint density at radius 2 is 0.778 bits per heavy atom. The molecule has 130 valence electrons. The second-order valence-corrected chi connectivity index (χ2v) is 6.36. The normalized spacial score (nSPS) is 10.4. The lowest BCUT2D eigenvalue weighted by atomic mass is 9.86. The standard InChI is InChI=1S/C26H19F/c27-24-18-10-17-23(19-24)26(22-15-8-3-9-16-22)25(20-11-4-1-5-12-20)21-13-6-2-7-14-21/h1-19H. The number of halogens is 1. The monoisotopic (exact) mass is 350 g/mol. The largest absolute Gasteiger partial charge is 0.207 e. The molecule has 0 unspecified atom stereocenters. The van der Waals surface area contributed by atoms with Crippen LogP contribution in [0.15, 0.2) is 115 Å².